The van der Waals surface area contributed by atoms with Crippen LogP contribution in [0.4, 0.5) is 0 Å². The van der Waals surface area contributed by atoms with E-state index in [1.807, 2.05) is 4.90 Å². The minimum Gasteiger partial charge on any atom is -0.468 e. The second-order valence-electron chi connectivity index (χ2n) is 4.48. The molecule has 0 aliphatic carbocycles. The lowest BCUT2D eigenvalue weighted by Gasteiger charge is -2.45. The number of ether oxygens (including phenoxy) is 1. The molecule has 2 heterocycles. The fourth-order valence-electron chi connectivity index (χ4n) is 2.49. The van der Waals surface area contributed by atoms with Gasteiger partial charge in [-0.25, -0.2) is 8.42 Å². The zero-order chi connectivity index (χ0) is 11.8. The van der Waals surface area contributed by atoms with Crippen LogP contribution in [-0.2, 0) is 19.4 Å². The standard InChI is InChI=1S/C10H17NO4S/c1-15-10(12)9-4-5-11(9)8-3-2-6-16(13,14)7-8/h8-9H,2-7H2,1H3. The van der Waals surface area contributed by atoms with Crippen LogP contribution in [0.2, 0.25) is 0 Å². The highest BCUT2D eigenvalue weighted by Gasteiger charge is 2.41. The second-order valence-corrected chi connectivity index (χ2v) is 6.70. The Morgan fingerprint density at radius 3 is 2.62 bits per heavy atom. The molecule has 2 rings (SSSR count). The van der Waals surface area contributed by atoms with Crippen LogP contribution in [0.3, 0.4) is 0 Å². The van der Waals surface area contributed by atoms with Crippen molar-refractivity contribution in [1.29, 1.82) is 0 Å². The van der Waals surface area contributed by atoms with Crippen molar-refractivity contribution in [3.8, 4) is 0 Å². The molecule has 2 unspecified atom stereocenters. The van der Waals surface area contributed by atoms with Gasteiger partial charge in [0.05, 0.1) is 18.6 Å². The van der Waals surface area contributed by atoms with Gasteiger partial charge in [0, 0.05) is 12.6 Å². The summed E-state index contributed by atoms with van der Waals surface area (Å²) < 4.78 is 27.7. The Labute approximate surface area is 95.7 Å². The molecule has 0 aromatic heterocycles. The second kappa shape index (κ2) is 4.33. The van der Waals surface area contributed by atoms with E-state index in [4.69, 9.17) is 4.74 Å². The Bertz CT molecular complexity index is 378. The minimum atomic E-state index is -2.90. The van der Waals surface area contributed by atoms with E-state index in [1.54, 1.807) is 0 Å². The first-order valence-corrected chi connectivity index (χ1v) is 7.39. The summed E-state index contributed by atoms with van der Waals surface area (Å²) in [5.74, 6) is 0.245. The number of rotatable bonds is 2. The van der Waals surface area contributed by atoms with Crippen LogP contribution in [0.5, 0.6) is 0 Å². The Morgan fingerprint density at radius 2 is 2.12 bits per heavy atom. The fourth-order valence-corrected chi connectivity index (χ4v) is 4.21. The Hall–Kier alpha value is -0.620. The lowest BCUT2D eigenvalue weighted by molar-refractivity contribution is -0.153. The van der Waals surface area contributed by atoms with Gasteiger partial charge in [0.1, 0.15) is 6.04 Å². The molecule has 0 saturated carbocycles. The highest BCUT2D eigenvalue weighted by Crippen LogP contribution is 2.27. The molecule has 0 radical (unpaired) electrons. The third-order valence-electron chi connectivity index (χ3n) is 3.44. The first-order valence-electron chi connectivity index (χ1n) is 5.57. The number of carbonyl (C=O) groups excluding carboxylic acids is 1. The van der Waals surface area contributed by atoms with Crippen LogP contribution >= 0.6 is 0 Å². The van der Waals surface area contributed by atoms with Gasteiger partial charge in [-0.15, -0.1) is 0 Å². The van der Waals surface area contributed by atoms with E-state index in [-0.39, 0.29) is 23.8 Å². The predicted octanol–water partition coefficient (Wildman–Crippen LogP) is -0.189. The van der Waals surface area contributed by atoms with Gasteiger partial charge in [-0.1, -0.05) is 0 Å². The molecule has 0 amide bonds. The largest absolute Gasteiger partial charge is 0.468 e. The molecule has 0 N–H and O–H groups in total. The van der Waals surface area contributed by atoms with Crippen LogP contribution in [0.1, 0.15) is 19.3 Å². The summed E-state index contributed by atoms with van der Waals surface area (Å²) in [6.45, 7) is 0.806. The first-order chi connectivity index (χ1) is 7.53. The molecule has 2 atom stereocenters. The van der Waals surface area contributed by atoms with Crippen molar-refractivity contribution < 1.29 is 17.9 Å². The molecule has 5 nitrogen and oxygen atoms in total. The topological polar surface area (TPSA) is 63.7 Å². The van der Waals surface area contributed by atoms with E-state index in [2.05, 4.69) is 0 Å². The van der Waals surface area contributed by atoms with Gasteiger partial charge in [0.25, 0.3) is 0 Å². The normalized spacial score (nSPS) is 34.1. The molecule has 0 spiro atoms. The molecule has 6 heteroatoms. The molecular formula is C10H17NO4S. The fraction of sp³-hybridized carbons (Fsp3) is 0.900. The highest BCUT2D eigenvalue weighted by atomic mass is 32.2. The molecule has 0 bridgehead atoms. The van der Waals surface area contributed by atoms with Crippen molar-refractivity contribution in [2.45, 2.75) is 31.3 Å². The monoisotopic (exact) mass is 247 g/mol. The molecule has 2 fully saturated rings. The third kappa shape index (κ3) is 2.22. The molecule has 0 aromatic rings. The molecule has 2 aliphatic heterocycles. The van der Waals surface area contributed by atoms with Crippen molar-refractivity contribution in [2.75, 3.05) is 25.2 Å². The van der Waals surface area contributed by atoms with E-state index in [0.717, 1.165) is 19.4 Å². The van der Waals surface area contributed by atoms with Crippen LogP contribution in [0, 0.1) is 0 Å². The van der Waals surface area contributed by atoms with Gasteiger partial charge in [0.15, 0.2) is 9.84 Å². The summed E-state index contributed by atoms with van der Waals surface area (Å²) in [6.07, 6.45) is 2.35. The average molecular weight is 247 g/mol. The summed E-state index contributed by atoms with van der Waals surface area (Å²) in [5, 5.41) is 0. The lowest BCUT2D eigenvalue weighted by atomic mass is 9.98. The van der Waals surface area contributed by atoms with Crippen LogP contribution in [0.15, 0.2) is 0 Å². The van der Waals surface area contributed by atoms with Crippen molar-refractivity contribution in [3.63, 3.8) is 0 Å². The Balaban J connectivity index is 2.00. The zero-order valence-corrected chi connectivity index (χ0v) is 10.2. The minimum absolute atomic E-state index is 0.0107. The van der Waals surface area contributed by atoms with E-state index in [1.165, 1.54) is 7.11 Å². The van der Waals surface area contributed by atoms with Crippen molar-refractivity contribution in [2.24, 2.45) is 0 Å². The lowest BCUT2D eigenvalue weighted by Crippen LogP contribution is -2.59. The summed E-state index contributed by atoms with van der Waals surface area (Å²) in [7, 11) is -1.53. The van der Waals surface area contributed by atoms with E-state index >= 15 is 0 Å². The number of carbonyl (C=O) groups is 1. The van der Waals surface area contributed by atoms with E-state index in [9.17, 15) is 13.2 Å². The van der Waals surface area contributed by atoms with Crippen molar-refractivity contribution >= 4 is 15.8 Å². The maximum absolute atomic E-state index is 11.5. The van der Waals surface area contributed by atoms with Crippen LogP contribution < -0.4 is 0 Å². The molecule has 92 valence electrons. The van der Waals surface area contributed by atoms with Gasteiger partial charge in [0.2, 0.25) is 0 Å². The average Bonchev–Trinajstić information content (AvgIpc) is 2.14. The molecule has 0 aromatic carbocycles. The summed E-state index contributed by atoms with van der Waals surface area (Å²) in [6, 6.07) is -0.208. The highest BCUT2D eigenvalue weighted by molar-refractivity contribution is 7.91. The van der Waals surface area contributed by atoms with Crippen molar-refractivity contribution in [3.05, 3.63) is 0 Å². The van der Waals surface area contributed by atoms with E-state index < -0.39 is 9.84 Å². The maximum Gasteiger partial charge on any atom is 0.323 e. The van der Waals surface area contributed by atoms with Gasteiger partial charge in [-0.2, -0.15) is 0 Å². The quantitative estimate of drug-likeness (QED) is 0.633. The van der Waals surface area contributed by atoms with Gasteiger partial charge < -0.3 is 4.74 Å². The summed E-state index contributed by atoms with van der Waals surface area (Å²) >= 11 is 0. The third-order valence-corrected chi connectivity index (χ3v) is 5.25. The van der Waals surface area contributed by atoms with Gasteiger partial charge in [-0.05, 0) is 19.3 Å². The zero-order valence-electron chi connectivity index (χ0n) is 9.39. The first kappa shape index (κ1) is 11.9. The molecule has 16 heavy (non-hydrogen) atoms. The Morgan fingerprint density at radius 1 is 1.38 bits per heavy atom. The number of sulfone groups is 1. The summed E-state index contributed by atoms with van der Waals surface area (Å²) in [5.41, 5.74) is 0. The van der Waals surface area contributed by atoms with E-state index in [0.29, 0.717) is 12.2 Å². The van der Waals surface area contributed by atoms with Crippen LogP contribution in [-0.4, -0.2) is 56.5 Å². The van der Waals surface area contributed by atoms with Crippen molar-refractivity contribution in [1.82, 2.24) is 4.90 Å². The van der Waals surface area contributed by atoms with Gasteiger partial charge >= 0.3 is 5.97 Å². The number of hydrogen-bond acceptors (Lipinski definition) is 5. The SMILES string of the molecule is COC(=O)C1CCN1C1CCCS(=O)(=O)C1. The Kier molecular flexibility index (Phi) is 3.21. The number of nitrogens with zero attached hydrogens (tertiary/aromatic N) is 1. The number of methoxy groups -OCH3 is 1. The number of hydrogen-bond donors (Lipinski definition) is 0. The molecule has 2 saturated heterocycles. The number of likely N-dealkylation sites (tertiary alicyclic amines) is 1. The smallest absolute Gasteiger partial charge is 0.323 e. The summed E-state index contributed by atoms with van der Waals surface area (Å²) in [4.78, 5) is 13.4. The predicted molar refractivity (Wildman–Crippen MR) is 58.8 cm³/mol. The molecular weight excluding hydrogens is 230 g/mol. The van der Waals surface area contributed by atoms with Crippen LogP contribution in [0.25, 0.3) is 0 Å². The number of esters is 1. The molecule has 2 aliphatic rings. The maximum atomic E-state index is 11.5. The van der Waals surface area contributed by atoms with Gasteiger partial charge in [-0.3, -0.25) is 9.69 Å².